The maximum Gasteiger partial charge on any atom is 0.244 e. The molecule has 1 aliphatic carbocycles. The van der Waals surface area contributed by atoms with Crippen LogP contribution in [0.5, 0.6) is 0 Å². The molecule has 1 aromatic rings. The maximum absolute atomic E-state index is 11.6. The molecule has 0 heterocycles. The molecule has 0 saturated heterocycles. The second-order valence-corrected chi connectivity index (χ2v) is 4.52. The lowest BCUT2D eigenvalue weighted by molar-refractivity contribution is -0.120. The highest BCUT2D eigenvalue weighted by atomic mass is 16.2. The van der Waals surface area contributed by atoms with Crippen LogP contribution in [-0.4, -0.2) is 12.1 Å². The Hall–Kier alpha value is -1.90. The van der Waals surface area contributed by atoms with E-state index < -0.39 is 0 Å². The zero-order chi connectivity index (χ0) is 12.6. The third-order valence-electron chi connectivity index (χ3n) is 2.99. The first kappa shape index (κ1) is 12.6. The van der Waals surface area contributed by atoms with E-state index in [1.807, 2.05) is 36.5 Å². The van der Waals surface area contributed by atoms with Crippen LogP contribution in [0.3, 0.4) is 0 Å². The third-order valence-corrected chi connectivity index (χ3v) is 2.99. The van der Waals surface area contributed by atoms with Gasteiger partial charge in [-0.25, -0.2) is 5.43 Å². The zero-order valence-corrected chi connectivity index (χ0v) is 10.4. The average Bonchev–Trinajstić information content (AvgIpc) is 2.41. The molecule has 1 amide bonds. The van der Waals surface area contributed by atoms with Crippen molar-refractivity contribution in [2.24, 2.45) is 11.0 Å². The molecule has 18 heavy (non-hydrogen) atoms. The van der Waals surface area contributed by atoms with Crippen molar-refractivity contribution in [3.05, 3.63) is 48.0 Å². The molecule has 0 fully saturated rings. The Morgan fingerprint density at radius 3 is 2.89 bits per heavy atom. The average molecular weight is 242 g/mol. The number of nitrogens with zero attached hydrogens (tertiary/aromatic N) is 1. The number of allylic oxidation sites excluding steroid dienone is 2. The van der Waals surface area contributed by atoms with Crippen molar-refractivity contribution in [3.8, 4) is 0 Å². The minimum Gasteiger partial charge on any atom is -0.273 e. The summed E-state index contributed by atoms with van der Waals surface area (Å²) < 4.78 is 0. The predicted molar refractivity (Wildman–Crippen MR) is 73.3 cm³/mol. The molecule has 1 N–H and O–H groups in total. The molecule has 0 bridgehead atoms. The fourth-order valence-electron chi connectivity index (χ4n) is 1.99. The summed E-state index contributed by atoms with van der Waals surface area (Å²) in [5.41, 5.74) is 3.59. The highest BCUT2D eigenvalue weighted by molar-refractivity contribution is 5.79. The van der Waals surface area contributed by atoms with Gasteiger partial charge in [-0.1, -0.05) is 42.5 Å². The van der Waals surface area contributed by atoms with E-state index in [9.17, 15) is 4.79 Å². The van der Waals surface area contributed by atoms with Gasteiger partial charge in [0.1, 0.15) is 0 Å². The number of rotatable bonds is 4. The number of hydrazone groups is 1. The molecule has 0 spiro atoms. The number of benzene rings is 1. The van der Waals surface area contributed by atoms with Gasteiger partial charge in [-0.3, -0.25) is 4.79 Å². The minimum atomic E-state index is -0.0659. The Balaban J connectivity index is 1.74. The van der Waals surface area contributed by atoms with E-state index in [0.717, 1.165) is 24.8 Å². The Morgan fingerprint density at radius 2 is 2.17 bits per heavy atom. The van der Waals surface area contributed by atoms with Crippen LogP contribution in [0, 0.1) is 5.92 Å². The lowest BCUT2D eigenvalue weighted by Crippen LogP contribution is -2.20. The van der Waals surface area contributed by atoms with Crippen molar-refractivity contribution < 1.29 is 4.79 Å². The summed E-state index contributed by atoms with van der Waals surface area (Å²) in [5.74, 6) is 0.399. The van der Waals surface area contributed by atoms with Crippen molar-refractivity contribution in [1.29, 1.82) is 0 Å². The van der Waals surface area contributed by atoms with Crippen molar-refractivity contribution in [1.82, 2.24) is 5.43 Å². The van der Waals surface area contributed by atoms with Gasteiger partial charge in [-0.2, -0.15) is 5.10 Å². The largest absolute Gasteiger partial charge is 0.273 e. The summed E-state index contributed by atoms with van der Waals surface area (Å²) in [6, 6.07) is 9.68. The smallest absolute Gasteiger partial charge is 0.244 e. The van der Waals surface area contributed by atoms with Gasteiger partial charge in [0.05, 0.1) is 6.42 Å². The monoisotopic (exact) mass is 242 g/mol. The molecule has 0 aliphatic heterocycles. The Kier molecular flexibility index (Phi) is 4.70. The Labute approximate surface area is 108 Å². The van der Waals surface area contributed by atoms with E-state index in [-0.39, 0.29) is 5.91 Å². The SMILES string of the molecule is O=C(Cc1ccccc1)NN=CC1CC=CCC1. The summed E-state index contributed by atoms with van der Waals surface area (Å²) in [5, 5.41) is 4.03. The molecule has 1 unspecified atom stereocenters. The minimum absolute atomic E-state index is 0.0659. The van der Waals surface area contributed by atoms with Crippen LogP contribution in [-0.2, 0) is 11.2 Å². The molecular formula is C15H18N2O. The van der Waals surface area contributed by atoms with Crippen LogP contribution in [0.1, 0.15) is 24.8 Å². The lowest BCUT2D eigenvalue weighted by atomic mass is 9.96. The zero-order valence-electron chi connectivity index (χ0n) is 10.4. The summed E-state index contributed by atoms with van der Waals surface area (Å²) in [6.45, 7) is 0. The van der Waals surface area contributed by atoms with Crippen LogP contribution < -0.4 is 5.43 Å². The van der Waals surface area contributed by atoms with Crippen LogP contribution >= 0.6 is 0 Å². The summed E-state index contributed by atoms with van der Waals surface area (Å²) in [7, 11) is 0. The van der Waals surface area contributed by atoms with E-state index in [1.165, 1.54) is 0 Å². The molecule has 1 atom stereocenters. The van der Waals surface area contributed by atoms with Crippen LogP contribution in [0.25, 0.3) is 0 Å². The number of nitrogens with one attached hydrogen (secondary N) is 1. The predicted octanol–water partition coefficient (Wildman–Crippen LogP) is 2.69. The van der Waals surface area contributed by atoms with Crippen LogP contribution in [0.2, 0.25) is 0 Å². The van der Waals surface area contributed by atoms with Crippen LogP contribution in [0.15, 0.2) is 47.6 Å². The molecule has 3 nitrogen and oxygen atoms in total. The number of carbonyl (C=O) groups is 1. The third kappa shape index (κ3) is 4.17. The van der Waals surface area contributed by atoms with Crippen molar-refractivity contribution in [3.63, 3.8) is 0 Å². The molecule has 0 saturated carbocycles. The van der Waals surface area contributed by atoms with Crippen molar-refractivity contribution in [2.75, 3.05) is 0 Å². The first-order valence-electron chi connectivity index (χ1n) is 6.35. The second kappa shape index (κ2) is 6.74. The number of carbonyl (C=O) groups excluding carboxylic acids is 1. The quantitative estimate of drug-likeness (QED) is 0.492. The second-order valence-electron chi connectivity index (χ2n) is 4.52. The topological polar surface area (TPSA) is 41.5 Å². The lowest BCUT2D eigenvalue weighted by Gasteiger charge is -2.11. The van der Waals surface area contributed by atoms with E-state index in [1.54, 1.807) is 0 Å². The van der Waals surface area contributed by atoms with Gasteiger partial charge in [0.2, 0.25) is 5.91 Å². The highest BCUT2D eigenvalue weighted by Gasteiger charge is 2.06. The van der Waals surface area contributed by atoms with E-state index >= 15 is 0 Å². The fraction of sp³-hybridized carbons (Fsp3) is 0.333. The number of amides is 1. The molecule has 2 rings (SSSR count). The molecule has 1 aromatic carbocycles. The Morgan fingerprint density at radius 1 is 1.33 bits per heavy atom. The van der Waals surface area contributed by atoms with Gasteiger partial charge in [0.15, 0.2) is 0 Å². The maximum atomic E-state index is 11.6. The molecule has 1 aliphatic rings. The van der Waals surface area contributed by atoms with Crippen molar-refractivity contribution >= 4 is 12.1 Å². The molecule has 3 heteroatoms. The summed E-state index contributed by atoms with van der Waals surface area (Å²) in [6.07, 6.45) is 9.85. The summed E-state index contributed by atoms with van der Waals surface area (Å²) >= 11 is 0. The number of hydrogen-bond acceptors (Lipinski definition) is 2. The van der Waals surface area contributed by atoms with Gasteiger partial charge in [0.25, 0.3) is 0 Å². The van der Waals surface area contributed by atoms with Crippen LogP contribution in [0.4, 0.5) is 0 Å². The summed E-state index contributed by atoms with van der Waals surface area (Å²) in [4.78, 5) is 11.6. The fourth-order valence-corrected chi connectivity index (χ4v) is 1.99. The van der Waals surface area contributed by atoms with Gasteiger partial charge in [0, 0.05) is 6.21 Å². The highest BCUT2D eigenvalue weighted by Crippen LogP contribution is 2.15. The standard InChI is InChI=1S/C15H18N2O/c18-15(11-13-7-3-1-4-8-13)17-16-12-14-9-5-2-6-10-14/h1-5,7-8,12,14H,6,9-11H2,(H,17,18). The molecule has 0 radical (unpaired) electrons. The normalized spacial score (nSPS) is 19.0. The molecule has 94 valence electrons. The van der Waals surface area contributed by atoms with Gasteiger partial charge in [-0.05, 0) is 30.7 Å². The van der Waals surface area contributed by atoms with Gasteiger partial charge >= 0.3 is 0 Å². The van der Waals surface area contributed by atoms with Gasteiger partial charge < -0.3 is 0 Å². The van der Waals surface area contributed by atoms with E-state index in [2.05, 4.69) is 22.7 Å². The van der Waals surface area contributed by atoms with E-state index in [4.69, 9.17) is 0 Å². The first-order valence-corrected chi connectivity index (χ1v) is 6.35. The Bertz CT molecular complexity index is 437. The van der Waals surface area contributed by atoms with Gasteiger partial charge in [-0.15, -0.1) is 0 Å². The van der Waals surface area contributed by atoms with Crippen molar-refractivity contribution in [2.45, 2.75) is 25.7 Å². The molecule has 0 aromatic heterocycles. The molecular weight excluding hydrogens is 224 g/mol. The first-order chi connectivity index (χ1) is 8.84. The van der Waals surface area contributed by atoms with E-state index in [0.29, 0.717) is 12.3 Å². The number of hydrogen-bond donors (Lipinski definition) is 1.